The Labute approximate surface area is 194 Å². The van der Waals surface area contributed by atoms with Crippen LogP contribution < -0.4 is 10.1 Å². The maximum atomic E-state index is 12.4. The minimum Gasteiger partial charge on any atom is -0.492 e. The molecule has 2 aliphatic rings. The molecule has 3 aromatic rings. The molecule has 0 saturated carbocycles. The fourth-order valence-corrected chi connectivity index (χ4v) is 4.98. The van der Waals surface area contributed by atoms with E-state index in [1.165, 1.54) is 30.4 Å². The monoisotopic (exact) mass is 445 g/mol. The number of amides is 1. The molecule has 1 fully saturated rings. The van der Waals surface area contributed by atoms with Crippen LogP contribution in [0.4, 0.5) is 0 Å². The first kappa shape index (κ1) is 21.6. The maximum absolute atomic E-state index is 12.4. The number of aromatic nitrogens is 3. The van der Waals surface area contributed by atoms with Crippen LogP contribution in [0.3, 0.4) is 0 Å². The number of aryl methyl sites for hydroxylation is 1. The molecule has 172 valence electrons. The average molecular weight is 446 g/mol. The van der Waals surface area contributed by atoms with Gasteiger partial charge in [-0.2, -0.15) is 5.10 Å². The van der Waals surface area contributed by atoms with Crippen molar-refractivity contribution in [3.63, 3.8) is 0 Å². The number of hydrogen-bond donors (Lipinski definition) is 2. The number of rotatable bonds is 8. The molecule has 0 radical (unpaired) electrons. The van der Waals surface area contributed by atoms with Crippen LogP contribution in [-0.2, 0) is 19.4 Å². The number of benzene rings is 1. The first-order valence-electron chi connectivity index (χ1n) is 12.0. The van der Waals surface area contributed by atoms with Crippen molar-refractivity contribution in [3.05, 3.63) is 76.9 Å². The molecule has 7 heteroatoms. The number of carbonyl (C=O) groups excluding carboxylic acids is 1. The zero-order valence-corrected chi connectivity index (χ0v) is 18.9. The highest BCUT2D eigenvalue weighted by molar-refractivity contribution is 5.94. The number of likely N-dealkylation sites (tertiary alicyclic amines) is 1. The van der Waals surface area contributed by atoms with Crippen LogP contribution in [-0.4, -0.2) is 45.7 Å². The van der Waals surface area contributed by atoms with Crippen LogP contribution in [0.25, 0.3) is 0 Å². The average Bonchev–Trinajstić information content (AvgIpc) is 3.48. The van der Waals surface area contributed by atoms with E-state index >= 15 is 0 Å². The predicted molar refractivity (Wildman–Crippen MR) is 126 cm³/mol. The third-order valence-corrected chi connectivity index (χ3v) is 6.67. The number of fused-ring (bicyclic) bond motifs is 1. The van der Waals surface area contributed by atoms with Gasteiger partial charge in [0.1, 0.15) is 12.4 Å². The Kier molecular flexibility index (Phi) is 6.67. The minimum atomic E-state index is -0.127. The van der Waals surface area contributed by atoms with Gasteiger partial charge in [0.2, 0.25) is 0 Å². The molecule has 1 atom stereocenters. The predicted octanol–water partition coefficient (Wildman–Crippen LogP) is 3.83. The second kappa shape index (κ2) is 10.2. The highest BCUT2D eigenvalue weighted by Crippen LogP contribution is 2.32. The summed E-state index contributed by atoms with van der Waals surface area (Å²) in [6.45, 7) is 2.90. The summed E-state index contributed by atoms with van der Waals surface area (Å²) in [6.07, 6.45) is 10.5. The standard InChI is InChI=1S/C26H31N5O2/c32-26(25-22-6-3-7-23(22)29-30-25)28-14-16-33-21-11-9-19(10-12-21)18-31-15-2-1-8-24(31)20-5-4-13-27-17-20/h4-5,9-13,17,24H,1-3,6-8,14-16,18H2,(H,28,32)(H,29,30). The minimum absolute atomic E-state index is 0.127. The van der Waals surface area contributed by atoms with Gasteiger partial charge in [0.05, 0.1) is 6.54 Å². The van der Waals surface area contributed by atoms with E-state index in [0.29, 0.717) is 24.9 Å². The molecule has 2 aromatic heterocycles. The zero-order valence-electron chi connectivity index (χ0n) is 18.9. The Hall–Kier alpha value is -3.19. The van der Waals surface area contributed by atoms with Gasteiger partial charge in [-0.3, -0.25) is 19.8 Å². The lowest BCUT2D eigenvalue weighted by Crippen LogP contribution is -2.32. The van der Waals surface area contributed by atoms with Crippen LogP contribution >= 0.6 is 0 Å². The lowest BCUT2D eigenvalue weighted by molar-refractivity contribution is 0.0941. The molecule has 1 aliphatic carbocycles. The zero-order chi connectivity index (χ0) is 22.5. The Morgan fingerprint density at radius 1 is 1.15 bits per heavy atom. The molecule has 1 amide bonds. The van der Waals surface area contributed by atoms with Crippen molar-refractivity contribution in [3.8, 4) is 5.75 Å². The van der Waals surface area contributed by atoms with Crippen molar-refractivity contribution in [1.29, 1.82) is 0 Å². The van der Waals surface area contributed by atoms with E-state index in [1.807, 2.05) is 30.6 Å². The number of aromatic amines is 1. The van der Waals surface area contributed by atoms with Crippen LogP contribution in [0.1, 0.15) is 64.6 Å². The second-order valence-electron chi connectivity index (χ2n) is 8.90. The summed E-state index contributed by atoms with van der Waals surface area (Å²) in [6, 6.07) is 12.9. The van der Waals surface area contributed by atoms with Gasteiger partial charge in [-0.1, -0.05) is 24.6 Å². The lowest BCUT2D eigenvalue weighted by atomic mass is 9.96. The molecular weight excluding hydrogens is 414 g/mol. The van der Waals surface area contributed by atoms with Crippen molar-refractivity contribution in [2.24, 2.45) is 0 Å². The Morgan fingerprint density at radius 2 is 2.06 bits per heavy atom. The van der Waals surface area contributed by atoms with Gasteiger partial charge in [-0.05, 0) is 68.0 Å². The smallest absolute Gasteiger partial charge is 0.272 e. The molecule has 1 aromatic carbocycles. The summed E-state index contributed by atoms with van der Waals surface area (Å²) < 4.78 is 5.84. The normalized spacial score (nSPS) is 18.1. The van der Waals surface area contributed by atoms with Crippen LogP contribution in [0.15, 0.2) is 48.8 Å². The molecule has 0 spiro atoms. The van der Waals surface area contributed by atoms with Crippen molar-refractivity contribution >= 4 is 5.91 Å². The van der Waals surface area contributed by atoms with Gasteiger partial charge in [-0.15, -0.1) is 0 Å². The van der Waals surface area contributed by atoms with Crippen LogP contribution in [0.5, 0.6) is 5.75 Å². The van der Waals surface area contributed by atoms with E-state index in [9.17, 15) is 4.79 Å². The molecule has 2 N–H and O–H groups in total. The molecule has 1 aliphatic heterocycles. The molecule has 33 heavy (non-hydrogen) atoms. The quantitative estimate of drug-likeness (QED) is 0.515. The number of hydrogen-bond acceptors (Lipinski definition) is 5. The third-order valence-electron chi connectivity index (χ3n) is 6.67. The molecule has 7 nitrogen and oxygen atoms in total. The number of ether oxygens (including phenoxy) is 1. The van der Waals surface area contributed by atoms with E-state index in [4.69, 9.17) is 4.74 Å². The van der Waals surface area contributed by atoms with Crippen molar-refractivity contribution < 1.29 is 9.53 Å². The lowest BCUT2D eigenvalue weighted by Gasteiger charge is -2.36. The fraction of sp³-hybridized carbons (Fsp3) is 0.423. The number of pyridine rings is 1. The molecule has 1 unspecified atom stereocenters. The van der Waals surface area contributed by atoms with Gasteiger partial charge < -0.3 is 10.1 Å². The Balaban J connectivity index is 1.10. The van der Waals surface area contributed by atoms with Gasteiger partial charge in [0, 0.05) is 36.2 Å². The highest BCUT2D eigenvalue weighted by atomic mass is 16.5. The molecule has 1 saturated heterocycles. The summed E-state index contributed by atoms with van der Waals surface area (Å²) in [5, 5.41) is 10.1. The number of H-pyrrole nitrogens is 1. The summed E-state index contributed by atoms with van der Waals surface area (Å²) in [7, 11) is 0. The number of nitrogens with zero attached hydrogens (tertiary/aromatic N) is 3. The summed E-state index contributed by atoms with van der Waals surface area (Å²) >= 11 is 0. The Morgan fingerprint density at radius 3 is 2.91 bits per heavy atom. The fourth-order valence-electron chi connectivity index (χ4n) is 4.98. The first-order valence-corrected chi connectivity index (χ1v) is 12.0. The van der Waals surface area contributed by atoms with E-state index in [2.05, 4.69) is 43.6 Å². The maximum Gasteiger partial charge on any atom is 0.272 e. The topological polar surface area (TPSA) is 83.1 Å². The molecule has 5 rings (SSSR count). The largest absolute Gasteiger partial charge is 0.492 e. The first-order chi connectivity index (χ1) is 16.3. The molecular formula is C26H31N5O2. The van der Waals surface area contributed by atoms with Gasteiger partial charge in [0.25, 0.3) is 5.91 Å². The van der Waals surface area contributed by atoms with E-state index in [0.717, 1.165) is 49.4 Å². The van der Waals surface area contributed by atoms with Crippen LogP contribution in [0.2, 0.25) is 0 Å². The van der Waals surface area contributed by atoms with Crippen molar-refractivity contribution in [1.82, 2.24) is 25.4 Å². The van der Waals surface area contributed by atoms with Gasteiger partial charge >= 0.3 is 0 Å². The highest BCUT2D eigenvalue weighted by Gasteiger charge is 2.24. The van der Waals surface area contributed by atoms with Crippen LogP contribution in [0, 0.1) is 0 Å². The Bertz CT molecular complexity index is 1060. The molecule has 3 heterocycles. The summed E-state index contributed by atoms with van der Waals surface area (Å²) in [5.41, 5.74) is 5.29. The van der Waals surface area contributed by atoms with Crippen molar-refractivity contribution in [2.45, 2.75) is 51.1 Å². The third kappa shape index (κ3) is 5.09. The van der Waals surface area contributed by atoms with E-state index < -0.39 is 0 Å². The van der Waals surface area contributed by atoms with E-state index in [-0.39, 0.29) is 5.91 Å². The van der Waals surface area contributed by atoms with E-state index in [1.54, 1.807) is 0 Å². The summed E-state index contributed by atoms with van der Waals surface area (Å²) in [4.78, 5) is 19.2. The van der Waals surface area contributed by atoms with Gasteiger partial charge in [0.15, 0.2) is 5.69 Å². The number of carbonyl (C=O) groups is 1. The summed E-state index contributed by atoms with van der Waals surface area (Å²) in [5.74, 6) is 0.689. The van der Waals surface area contributed by atoms with Crippen molar-refractivity contribution in [2.75, 3.05) is 19.7 Å². The second-order valence-corrected chi connectivity index (χ2v) is 8.90. The SMILES string of the molecule is O=C(NCCOc1ccc(CN2CCCCC2c2cccnc2)cc1)c1n[nH]c2c1CCC2. The number of nitrogens with one attached hydrogen (secondary N) is 2. The number of piperidine rings is 1. The molecule has 0 bridgehead atoms. The van der Waals surface area contributed by atoms with Gasteiger partial charge in [-0.25, -0.2) is 0 Å².